The molecule has 1 aliphatic heterocycles. The van der Waals surface area contributed by atoms with Crippen LogP contribution in [-0.2, 0) is 0 Å². The normalized spacial score (nSPS) is 44.4. The van der Waals surface area contributed by atoms with E-state index in [1.807, 2.05) is 0 Å². The van der Waals surface area contributed by atoms with E-state index >= 15 is 0 Å². The van der Waals surface area contributed by atoms with Crippen LogP contribution in [0.3, 0.4) is 0 Å². The second kappa shape index (κ2) is 3.80. The molecule has 2 aliphatic rings. The standard InChI is InChI=1S/C11H23N3/c1-8-6-14(7-11(8)13(2)3)10-4-9(12)5-10/h8-11H,4-7,12H2,1-3H3. The molecule has 0 aromatic rings. The van der Waals surface area contributed by atoms with Gasteiger partial charge in [0.1, 0.15) is 0 Å². The second-order valence-corrected chi connectivity index (χ2v) is 5.35. The first kappa shape index (κ1) is 10.4. The van der Waals surface area contributed by atoms with E-state index in [-0.39, 0.29) is 0 Å². The van der Waals surface area contributed by atoms with Gasteiger partial charge in [0.2, 0.25) is 0 Å². The van der Waals surface area contributed by atoms with Crippen molar-refractivity contribution in [3.8, 4) is 0 Å². The number of nitrogens with zero attached hydrogens (tertiary/aromatic N) is 2. The Balaban J connectivity index is 1.87. The van der Waals surface area contributed by atoms with Crippen molar-refractivity contribution in [3.63, 3.8) is 0 Å². The highest BCUT2D eigenvalue weighted by atomic mass is 15.3. The van der Waals surface area contributed by atoms with Gasteiger partial charge in [0.25, 0.3) is 0 Å². The summed E-state index contributed by atoms with van der Waals surface area (Å²) in [5.74, 6) is 0.807. The monoisotopic (exact) mass is 197 g/mol. The van der Waals surface area contributed by atoms with Gasteiger partial charge in [-0.1, -0.05) is 6.92 Å². The predicted molar refractivity (Wildman–Crippen MR) is 59.2 cm³/mol. The van der Waals surface area contributed by atoms with Crippen LogP contribution in [-0.4, -0.2) is 55.1 Å². The van der Waals surface area contributed by atoms with Crippen LogP contribution >= 0.6 is 0 Å². The van der Waals surface area contributed by atoms with E-state index in [9.17, 15) is 0 Å². The Labute approximate surface area is 87.2 Å². The molecule has 14 heavy (non-hydrogen) atoms. The SMILES string of the molecule is CC1CN(C2CC(N)C2)CC1N(C)C. The van der Waals surface area contributed by atoms with E-state index < -0.39 is 0 Å². The molecule has 2 atom stereocenters. The molecule has 0 amide bonds. The smallest absolute Gasteiger partial charge is 0.0254 e. The minimum Gasteiger partial charge on any atom is -0.328 e. The van der Waals surface area contributed by atoms with Crippen molar-refractivity contribution in [2.24, 2.45) is 11.7 Å². The zero-order valence-corrected chi connectivity index (χ0v) is 9.61. The van der Waals surface area contributed by atoms with Gasteiger partial charge in [0, 0.05) is 31.2 Å². The van der Waals surface area contributed by atoms with E-state index in [0.29, 0.717) is 6.04 Å². The van der Waals surface area contributed by atoms with Crippen LogP contribution in [0.4, 0.5) is 0 Å². The lowest BCUT2D eigenvalue weighted by Crippen LogP contribution is -2.50. The molecule has 2 N–H and O–H groups in total. The van der Waals surface area contributed by atoms with Crippen molar-refractivity contribution in [2.75, 3.05) is 27.2 Å². The molecule has 2 fully saturated rings. The van der Waals surface area contributed by atoms with Gasteiger partial charge < -0.3 is 10.6 Å². The summed E-state index contributed by atoms with van der Waals surface area (Å²) in [5.41, 5.74) is 5.83. The fourth-order valence-corrected chi connectivity index (χ4v) is 2.88. The number of hydrogen-bond acceptors (Lipinski definition) is 3. The lowest BCUT2D eigenvalue weighted by molar-refractivity contribution is 0.128. The Bertz CT molecular complexity index is 199. The molecule has 0 spiro atoms. The summed E-state index contributed by atoms with van der Waals surface area (Å²) in [7, 11) is 4.38. The van der Waals surface area contributed by atoms with Gasteiger partial charge in [-0.15, -0.1) is 0 Å². The maximum Gasteiger partial charge on any atom is 0.0254 e. The summed E-state index contributed by atoms with van der Waals surface area (Å²) in [5, 5.41) is 0. The Hall–Kier alpha value is -0.120. The zero-order chi connectivity index (χ0) is 10.3. The molecule has 0 bridgehead atoms. The lowest BCUT2D eigenvalue weighted by Gasteiger charge is -2.39. The molecule has 1 heterocycles. The third kappa shape index (κ3) is 1.81. The van der Waals surface area contributed by atoms with Crippen molar-refractivity contribution >= 4 is 0 Å². The maximum atomic E-state index is 5.83. The van der Waals surface area contributed by atoms with E-state index in [4.69, 9.17) is 5.73 Å². The molecular formula is C11H23N3. The maximum absolute atomic E-state index is 5.83. The fourth-order valence-electron chi connectivity index (χ4n) is 2.88. The van der Waals surface area contributed by atoms with Gasteiger partial charge in [-0.2, -0.15) is 0 Å². The minimum absolute atomic E-state index is 0.480. The van der Waals surface area contributed by atoms with Crippen molar-refractivity contribution in [1.29, 1.82) is 0 Å². The van der Waals surface area contributed by atoms with Gasteiger partial charge in [-0.25, -0.2) is 0 Å². The summed E-state index contributed by atoms with van der Waals surface area (Å²) in [6.45, 7) is 4.87. The van der Waals surface area contributed by atoms with E-state index in [0.717, 1.165) is 18.0 Å². The molecule has 3 nitrogen and oxygen atoms in total. The number of likely N-dealkylation sites (tertiary alicyclic amines) is 1. The molecule has 2 unspecified atom stereocenters. The zero-order valence-electron chi connectivity index (χ0n) is 9.61. The summed E-state index contributed by atoms with van der Waals surface area (Å²) < 4.78 is 0. The molecule has 1 saturated heterocycles. The number of rotatable bonds is 2. The largest absolute Gasteiger partial charge is 0.328 e. The summed E-state index contributed by atoms with van der Waals surface area (Å²) >= 11 is 0. The highest BCUT2D eigenvalue weighted by Gasteiger charge is 2.38. The molecule has 1 saturated carbocycles. The van der Waals surface area contributed by atoms with Crippen molar-refractivity contribution < 1.29 is 0 Å². The number of hydrogen-bond donors (Lipinski definition) is 1. The average molecular weight is 197 g/mol. The van der Waals surface area contributed by atoms with Gasteiger partial charge in [0.15, 0.2) is 0 Å². The van der Waals surface area contributed by atoms with Gasteiger partial charge in [-0.05, 0) is 32.9 Å². The fraction of sp³-hybridized carbons (Fsp3) is 1.00. The average Bonchev–Trinajstić information content (AvgIpc) is 2.41. The highest BCUT2D eigenvalue weighted by molar-refractivity contribution is 4.96. The number of likely N-dealkylation sites (N-methyl/N-ethyl adjacent to an activating group) is 1. The van der Waals surface area contributed by atoms with Crippen LogP contribution in [0.2, 0.25) is 0 Å². The molecule has 0 radical (unpaired) electrons. The van der Waals surface area contributed by atoms with Crippen LogP contribution < -0.4 is 5.73 Å². The van der Waals surface area contributed by atoms with E-state index in [1.165, 1.54) is 25.9 Å². The van der Waals surface area contributed by atoms with Crippen molar-refractivity contribution in [1.82, 2.24) is 9.80 Å². The molecule has 2 rings (SSSR count). The third-order valence-electron chi connectivity index (χ3n) is 3.93. The van der Waals surface area contributed by atoms with Crippen molar-refractivity contribution in [3.05, 3.63) is 0 Å². The summed E-state index contributed by atoms with van der Waals surface area (Å²) in [6, 6.07) is 2.01. The van der Waals surface area contributed by atoms with E-state index in [1.54, 1.807) is 0 Å². The first-order valence-corrected chi connectivity index (χ1v) is 5.74. The highest BCUT2D eigenvalue weighted by Crippen LogP contribution is 2.30. The van der Waals surface area contributed by atoms with Crippen LogP contribution in [0.5, 0.6) is 0 Å². The second-order valence-electron chi connectivity index (χ2n) is 5.35. The van der Waals surface area contributed by atoms with Crippen LogP contribution in [0.15, 0.2) is 0 Å². The Morgan fingerprint density at radius 1 is 1.21 bits per heavy atom. The van der Waals surface area contributed by atoms with Crippen molar-refractivity contribution in [2.45, 2.75) is 37.9 Å². The number of nitrogens with two attached hydrogens (primary N) is 1. The van der Waals surface area contributed by atoms with Crippen LogP contribution in [0.25, 0.3) is 0 Å². The molecular weight excluding hydrogens is 174 g/mol. The molecule has 0 aromatic carbocycles. The third-order valence-corrected chi connectivity index (χ3v) is 3.93. The van der Waals surface area contributed by atoms with Crippen LogP contribution in [0.1, 0.15) is 19.8 Å². The first-order chi connectivity index (χ1) is 6.58. The van der Waals surface area contributed by atoms with Gasteiger partial charge in [-0.3, -0.25) is 4.90 Å². The molecule has 82 valence electrons. The minimum atomic E-state index is 0.480. The van der Waals surface area contributed by atoms with Gasteiger partial charge in [0.05, 0.1) is 0 Å². The molecule has 3 heteroatoms. The predicted octanol–water partition coefficient (Wildman–Crippen LogP) is 0.358. The quantitative estimate of drug-likeness (QED) is 0.694. The van der Waals surface area contributed by atoms with Crippen LogP contribution in [0, 0.1) is 5.92 Å². The summed E-state index contributed by atoms with van der Waals surface area (Å²) in [6.07, 6.45) is 2.43. The Morgan fingerprint density at radius 3 is 2.29 bits per heavy atom. The molecule has 0 aromatic heterocycles. The first-order valence-electron chi connectivity index (χ1n) is 5.74. The lowest BCUT2D eigenvalue weighted by atomic mass is 9.86. The van der Waals surface area contributed by atoms with E-state index in [2.05, 4.69) is 30.8 Å². The molecule has 1 aliphatic carbocycles. The summed E-state index contributed by atoms with van der Waals surface area (Å²) in [4.78, 5) is 5.00. The Kier molecular flexibility index (Phi) is 2.82. The van der Waals surface area contributed by atoms with Gasteiger partial charge >= 0.3 is 0 Å². The Morgan fingerprint density at radius 2 is 1.86 bits per heavy atom. The topological polar surface area (TPSA) is 32.5 Å².